The van der Waals surface area contributed by atoms with E-state index in [0.717, 1.165) is 12.0 Å². The summed E-state index contributed by atoms with van der Waals surface area (Å²) in [5.41, 5.74) is 6.90. The van der Waals surface area contributed by atoms with Gasteiger partial charge in [-0.25, -0.2) is 4.39 Å². The van der Waals surface area contributed by atoms with Crippen molar-refractivity contribution in [3.63, 3.8) is 0 Å². The molecule has 20 heavy (non-hydrogen) atoms. The molecule has 1 aromatic carbocycles. The van der Waals surface area contributed by atoms with Crippen molar-refractivity contribution in [1.82, 2.24) is 4.90 Å². The fourth-order valence-electron chi connectivity index (χ4n) is 2.24. The first-order valence-corrected chi connectivity index (χ1v) is 6.91. The molecule has 1 aromatic rings. The van der Waals surface area contributed by atoms with E-state index >= 15 is 0 Å². The van der Waals surface area contributed by atoms with Crippen molar-refractivity contribution in [2.45, 2.75) is 46.2 Å². The zero-order valence-corrected chi connectivity index (χ0v) is 12.8. The van der Waals surface area contributed by atoms with Gasteiger partial charge in [-0.1, -0.05) is 32.9 Å². The van der Waals surface area contributed by atoms with Crippen LogP contribution in [0.1, 0.15) is 39.2 Å². The zero-order chi connectivity index (χ0) is 15.3. The number of carbonyl (C=O) groups is 1. The fourth-order valence-corrected chi connectivity index (χ4v) is 2.24. The molecule has 1 rings (SSSR count). The van der Waals surface area contributed by atoms with E-state index in [1.165, 1.54) is 12.1 Å². The number of nitrogens with zero attached hydrogens (tertiary/aromatic N) is 1. The normalized spacial score (nSPS) is 13.1. The molecule has 0 fully saturated rings. The molecule has 1 atom stereocenters. The van der Waals surface area contributed by atoms with Gasteiger partial charge < -0.3 is 10.6 Å². The molecule has 1 amide bonds. The maximum Gasteiger partial charge on any atom is 0.224 e. The SMILES string of the molecule is CN(Cc1cccc(F)c1)C(=O)CC(N)CC(C)(C)C. The number of amides is 1. The highest BCUT2D eigenvalue weighted by molar-refractivity contribution is 5.76. The molecule has 112 valence electrons. The van der Waals surface area contributed by atoms with E-state index in [4.69, 9.17) is 5.73 Å². The summed E-state index contributed by atoms with van der Waals surface area (Å²) >= 11 is 0. The molecule has 0 saturated carbocycles. The lowest BCUT2D eigenvalue weighted by atomic mass is 9.87. The number of hydrogen-bond donors (Lipinski definition) is 1. The third kappa shape index (κ3) is 6.15. The van der Waals surface area contributed by atoms with Gasteiger partial charge in [0.2, 0.25) is 5.91 Å². The van der Waals surface area contributed by atoms with Crippen LogP contribution in [0, 0.1) is 11.2 Å². The van der Waals surface area contributed by atoms with Crippen LogP contribution in [0.4, 0.5) is 4.39 Å². The standard InChI is InChI=1S/C16H25FN2O/c1-16(2,3)10-14(18)9-15(20)19(4)11-12-6-5-7-13(17)8-12/h5-8,14H,9-11,18H2,1-4H3. The Morgan fingerprint density at radius 1 is 1.40 bits per heavy atom. The molecule has 1 unspecified atom stereocenters. The van der Waals surface area contributed by atoms with E-state index in [-0.39, 0.29) is 23.2 Å². The number of hydrogen-bond acceptors (Lipinski definition) is 2. The van der Waals surface area contributed by atoms with E-state index in [9.17, 15) is 9.18 Å². The van der Waals surface area contributed by atoms with Gasteiger partial charge >= 0.3 is 0 Å². The molecule has 0 saturated heterocycles. The summed E-state index contributed by atoms with van der Waals surface area (Å²) in [6, 6.07) is 6.15. The largest absolute Gasteiger partial charge is 0.341 e. The second kappa shape index (κ2) is 6.84. The number of benzene rings is 1. The zero-order valence-electron chi connectivity index (χ0n) is 12.8. The van der Waals surface area contributed by atoms with Gasteiger partial charge in [0, 0.05) is 26.1 Å². The van der Waals surface area contributed by atoms with Crippen molar-refractivity contribution in [1.29, 1.82) is 0 Å². The van der Waals surface area contributed by atoms with E-state index in [2.05, 4.69) is 20.8 Å². The van der Waals surface area contributed by atoms with Crippen molar-refractivity contribution in [3.05, 3.63) is 35.6 Å². The molecule has 0 aliphatic carbocycles. The molecule has 0 aliphatic rings. The fraction of sp³-hybridized carbons (Fsp3) is 0.562. The van der Waals surface area contributed by atoms with Crippen LogP contribution in [0.15, 0.2) is 24.3 Å². The third-order valence-corrected chi connectivity index (χ3v) is 3.05. The minimum Gasteiger partial charge on any atom is -0.341 e. The Bertz CT molecular complexity index is 454. The van der Waals surface area contributed by atoms with Crippen LogP contribution in [-0.4, -0.2) is 23.9 Å². The second-order valence-electron chi connectivity index (χ2n) is 6.61. The van der Waals surface area contributed by atoms with Crippen LogP contribution in [0.2, 0.25) is 0 Å². The van der Waals surface area contributed by atoms with Gasteiger partial charge in [0.25, 0.3) is 0 Å². The van der Waals surface area contributed by atoms with E-state index < -0.39 is 0 Å². The summed E-state index contributed by atoms with van der Waals surface area (Å²) in [6.45, 7) is 6.72. The van der Waals surface area contributed by atoms with Crippen LogP contribution >= 0.6 is 0 Å². The Morgan fingerprint density at radius 3 is 2.60 bits per heavy atom. The molecular weight excluding hydrogens is 255 g/mol. The molecule has 0 bridgehead atoms. The molecule has 0 aliphatic heterocycles. The Balaban J connectivity index is 2.51. The highest BCUT2D eigenvalue weighted by Gasteiger charge is 2.19. The van der Waals surface area contributed by atoms with Crippen molar-refractivity contribution in [2.75, 3.05) is 7.05 Å². The first kappa shape index (κ1) is 16.6. The Labute approximate surface area is 121 Å². The smallest absolute Gasteiger partial charge is 0.224 e. The highest BCUT2D eigenvalue weighted by Crippen LogP contribution is 2.21. The quantitative estimate of drug-likeness (QED) is 0.901. The molecule has 4 heteroatoms. The first-order chi connectivity index (χ1) is 9.17. The Hall–Kier alpha value is -1.42. The van der Waals surface area contributed by atoms with Crippen LogP contribution in [0.5, 0.6) is 0 Å². The van der Waals surface area contributed by atoms with Crippen molar-refractivity contribution < 1.29 is 9.18 Å². The van der Waals surface area contributed by atoms with E-state index in [0.29, 0.717) is 13.0 Å². The minimum absolute atomic E-state index is 0.00832. The Kier molecular flexibility index (Phi) is 5.69. The van der Waals surface area contributed by atoms with Gasteiger partial charge in [-0.15, -0.1) is 0 Å². The van der Waals surface area contributed by atoms with E-state index in [1.54, 1.807) is 18.0 Å². The maximum absolute atomic E-state index is 13.1. The summed E-state index contributed by atoms with van der Waals surface area (Å²) in [4.78, 5) is 13.7. The van der Waals surface area contributed by atoms with Crippen LogP contribution in [0.25, 0.3) is 0 Å². The maximum atomic E-state index is 13.1. The van der Waals surface area contributed by atoms with Crippen LogP contribution in [-0.2, 0) is 11.3 Å². The molecular formula is C16H25FN2O. The summed E-state index contributed by atoms with van der Waals surface area (Å²) in [5.74, 6) is -0.293. The third-order valence-electron chi connectivity index (χ3n) is 3.05. The van der Waals surface area contributed by atoms with Gasteiger partial charge in [-0.3, -0.25) is 4.79 Å². The molecule has 0 spiro atoms. The highest BCUT2D eigenvalue weighted by atomic mass is 19.1. The van der Waals surface area contributed by atoms with Crippen molar-refractivity contribution >= 4 is 5.91 Å². The van der Waals surface area contributed by atoms with E-state index in [1.807, 2.05) is 6.07 Å². The summed E-state index contributed by atoms with van der Waals surface area (Å²) in [6.07, 6.45) is 1.12. The lowest BCUT2D eigenvalue weighted by Gasteiger charge is -2.25. The average molecular weight is 280 g/mol. The van der Waals surface area contributed by atoms with Crippen molar-refractivity contribution in [2.24, 2.45) is 11.1 Å². The lowest BCUT2D eigenvalue weighted by Crippen LogP contribution is -2.35. The van der Waals surface area contributed by atoms with Gasteiger partial charge in [0.1, 0.15) is 5.82 Å². The van der Waals surface area contributed by atoms with Crippen LogP contribution < -0.4 is 5.73 Å². The van der Waals surface area contributed by atoms with Gasteiger partial charge in [-0.05, 0) is 29.5 Å². The summed E-state index contributed by atoms with van der Waals surface area (Å²) in [7, 11) is 1.72. The molecule has 2 N–H and O–H groups in total. The summed E-state index contributed by atoms with van der Waals surface area (Å²) in [5, 5.41) is 0. The predicted molar refractivity (Wildman–Crippen MR) is 79.5 cm³/mol. The monoisotopic (exact) mass is 280 g/mol. The van der Waals surface area contributed by atoms with Gasteiger partial charge in [0.15, 0.2) is 0 Å². The number of halogens is 1. The molecule has 0 heterocycles. The lowest BCUT2D eigenvalue weighted by molar-refractivity contribution is -0.130. The Morgan fingerprint density at radius 2 is 2.05 bits per heavy atom. The number of nitrogens with two attached hydrogens (primary N) is 1. The van der Waals surface area contributed by atoms with Gasteiger partial charge in [-0.2, -0.15) is 0 Å². The average Bonchev–Trinajstić information content (AvgIpc) is 2.25. The minimum atomic E-state index is -0.284. The number of rotatable bonds is 5. The molecule has 3 nitrogen and oxygen atoms in total. The second-order valence-corrected chi connectivity index (χ2v) is 6.61. The predicted octanol–water partition coefficient (Wildman–Crippen LogP) is 2.94. The molecule has 0 aromatic heterocycles. The molecule has 0 radical (unpaired) electrons. The topological polar surface area (TPSA) is 46.3 Å². The van der Waals surface area contributed by atoms with Crippen molar-refractivity contribution in [3.8, 4) is 0 Å². The summed E-state index contributed by atoms with van der Waals surface area (Å²) < 4.78 is 13.1. The van der Waals surface area contributed by atoms with Crippen LogP contribution in [0.3, 0.4) is 0 Å². The van der Waals surface area contributed by atoms with Gasteiger partial charge in [0.05, 0.1) is 0 Å². The first-order valence-electron chi connectivity index (χ1n) is 6.91. The number of carbonyl (C=O) groups excluding carboxylic acids is 1.